The third-order valence-corrected chi connectivity index (χ3v) is 5.64. The van der Waals surface area contributed by atoms with E-state index in [9.17, 15) is 0 Å². The lowest BCUT2D eigenvalue weighted by molar-refractivity contribution is 0.594. The Hall–Kier alpha value is -0.840. The molecule has 1 aliphatic rings. The number of aryl methyl sites for hydroxylation is 2. The number of nitrogens with two attached hydrogens (primary N) is 1. The van der Waals surface area contributed by atoms with Gasteiger partial charge in [0.2, 0.25) is 0 Å². The van der Waals surface area contributed by atoms with Gasteiger partial charge in [-0.15, -0.1) is 11.3 Å². The van der Waals surface area contributed by atoms with E-state index in [1.165, 1.54) is 38.3 Å². The molecule has 4 heteroatoms. The van der Waals surface area contributed by atoms with Crippen molar-refractivity contribution in [3.05, 3.63) is 50.1 Å². The van der Waals surface area contributed by atoms with Gasteiger partial charge in [0.1, 0.15) is 0 Å². The first kappa shape index (κ1) is 14.1. The van der Waals surface area contributed by atoms with E-state index in [4.69, 9.17) is 5.73 Å². The fraction of sp³-hybridized carbons (Fsp3) is 0.375. The molecule has 1 aromatic carbocycles. The molecule has 1 aromatic heterocycles. The Morgan fingerprint density at radius 3 is 2.90 bits per heavy atom. The molecule has 0 fully saturated rings. The van der Waals surface area contributed by atoms with E-state index in [0.717, 1.165) is 6.54 Å². The molecule has 1 unspecified atom stereocenters. The number of fused-ring (bicyclic) bond motifs is 1. The van der Waals surface area contributed by atoms with Crippen LogP contribution >= 0.6 is 27.3 Å². The standard InChI is InChI=1S/C16H19BrN2S/c1-11-4-5-13-12(9-11)3-2-8-19(13)14(10-18)15-6-7-16(17)20-15/h4-7,9,14H,2-3,8,10,18H2,1H3. The summed E-state index contributed by atoms with van der Waals surface area (Å²) < 4.78 is 1.17. The number of benzene rings is 1. The van der Waals surface area contributed by atoms with Crippen molar-refractivity contribution in [1.29, 1.82) is 0 Å². The SMILES string of the molecule is Cc1ccc2c(c1)CCCN2C(CN)c1ccc(Br)s1. The summed E-state index contributed by atoms with van der Waals surface area (Å²) in [5, 5.41) is 0. The topological polar surface area (TPSA) is 29.3 Å². The predicted octanol–water partition coefficient (Wildman–Crippen LogP) is 4.27. The Labute approximate surface area is 132 Å². The van der Waals surface area contributed by atoms with Crippen molar-refractivity contribution in [2.45, 2.75) is 25.8 Å². The summed E-state index contributed by atoms with van der Waals surface area (Å²) in [5.41, 5.74) is 10.2. The van der Waals surface area contributed by atoms with Gasteiger partial charge in [-0.25, -0.2) is 0 Å². The first-order valence-corrected chi connectivity index (χ1v) is 8.61. The summed E-state index contributed by atoms with van der Waals surface area (Å²) >= 11 is 5.34. The van der Waals surface area contributed by atoms with Crippen molar-refractivity contribution in [3.63, 3.8) is 0 Å². The van der Waals surface area contributed by atoms with Gasteiger partial charge in [0.05, 0.1) is 9.83 Å². The number of anilines is 1. The number of nitrogens with zero attached hydrogens (tertiary/aromatic N) is 1. The maximum absolute atomic E-state index is 6.08. The molecule has 1 atom stereocenters. The Morgan fingerprint density at radius 2 is 2.20 bits per heavy atom. The van der Waals surface area contributed by atoms with E-state index in [0.29, 0.717) is 6.54 Å². The average molecular weight is 351 g/mol. The van der Waals surface area contributed by atoms with Crippen LogP contribution in [0.15, 0.2) is 34.1 Å². The smallest absolute Gasteiger partial charge is 0.0757 e. The minimum atomic E-state index is 0.285. The summed E-state index contributed by atoms with van der Waals surface area (Å²) in [4.78, 5) is 3.82. The van der Waals surface area contributed by atoms with Gasteiger partial charge in [-0.3, -0.25) is 0 Å². The Bertz CT molecular complexity index is 608. The van der Waals surface area contributed by atoms with E-state index >= 15 is 0 Å². The van der Waals surface area contributed by atoms with E-state index in [1.807, 2.05) is 0 Å². The van der Waals surface area contributed by atoms with Crippen molar-refractivity contribution in [1.82, 2.24) is 0 Å². The van der Waals surface area contributed by atoms with Crippen LogP contribution in [0.1, 0.15) is 28.5 Å². The van der Waals surface area contributed by atoms with Crippen LogP contribution in [0.25, 0.3) is 0 Å². The minimum Gasteiger partial charge on any atom is -0.362 e. The van der Waals surface area contributed by atoms with Crippen molar-refractivity contribution in [2.24, 2.45) is 5.73 Å². The van der Waals surface area contributed by atoms with Crippen LogP contribution in [-0.4, -0.2) is 13.1 Å². The van der Waals surface area contributed by atoms with Gasteiger partial charge < -0.3 is 10.6 Å². The maximum Gasteiger partial charge on any atom is 0.0757 e. The third-order valence-electron chi connectivity index (χ3n) is 3.91. The second-order valence-electron chi connectivity index (χ2n) is 5.32. The molecule has 2 aromatic rings. The van der Waals surface area contributed by atoms with Gasteiger partial charge in [-0.1, -0.05) is 17.7 Å². The highest BCUT2D eigenvalue weighted by molar-refractivity contribution is 9.11. The van der Waals surface area contributed by atoms with Crippen LogP contribution in [0.3, 0.4) is 0 Å². The summed E-state index contributed by atoms with van der Waals surface area (Å²) in [6, 6.07) is 11.4. The normalized spacial score (nSPS) is 16.1. The summed E-state index contributed by atoms with van der Waals surface area (Å²) in [5.74, 6) is 0. The van der Waals surface area contributed by atoms with E-state index in [1.54, 1.807) is 11.3 Å². The first-order chi connectivity index (χ1) is 9.69. The molecule has 20 heavy (non-hydrogen) atoms. The molecule has 0 aliphatic carbocycles. The van der Waals surface area contributed by atoms with E-state index < -0.39 is 0 Å². The average Bonchev–Trinajstić information content (AvgIpc) is 2.86. The third kappa shape index (κ3) is 2.65. The molecule has 0 radical (unpaired) electrons. The monoisotopic (exact) mass is 350 g/mol. The summed E-state index contributed by atoms with van der Waals surface area (Å²) in [6.45, 7) is 3.91. The lowest BCUT2D eigenvalue weighted by Gasteiger charge is -2.37. The molecule has 2 heterocycles. The molecule has 106 valence electrons. The molecule has 0 bridgehead atoms. The zero-order valence-corrected chi connectivity index (χ0v) is 14.0. The quantitative estimate of drug-likeness (QED) is 0.895. The number of thiophene rings is 1. The maximum atomic E-state index is 6.08. The van der Waals surface area contributed by atoms with Gasteiger partial charge in [0.25, 0.3) is 0 Å². The van der Waals surface area contributed by atoms with Crippen LogP contribution in [0.2, 0.25) is 0 Å². The van der Waals surface area contributed by atoms with Crippen molar-refractivity contribution < 1.29 is 0 Å². The van der Waals surface area contributed by atoms with Crippen LogP contribution in [0, 0.1) is 6.92 Å². The van der Waals surface area contributed by atoms with Crippen molar-refractivity contribution in [3.8, 4) is 0 Å². The highest BCUT2D eigenvalue weighted by Gasteiger charge is 2.25. The summed E-state index contributed by atoms with van der Waals surface area (Å²) in [6.07, 6.45) is 2.39. The highest BCUT2D eigenvalue weighted by Crippen LogP contribution is 2.37. The van der Waals surface area contributed by atoms with Crippen LogP contribution in [0.4, 0.5) is 5.69 Å². The van der Waals surface area contributed by atoms with Gasteiger partial charge >= 0.3 is 0 Å². The van der Waals surface area contributed by atoms with Crippen molar-refractivity contribution >= 4 is 33.0 Å². The Morgan fingerprint density at radius 1 is 1.35 bits per heavy atom. The number of halogens is 1. The molecule has 0 amide bonds. The zero-order chi connectivity index (χ0) is 14.1. The minimum absolute atomic E-state index is 0.285. The fourth-order valence-corrected chi connectivity index (χ4v) is 4.53. The highest BCUT2D eigenvalue weighted by atomic mass is 79.9. The van der Waals surface area contributed by atoms with Crippen LogP contribution in [0.5, 0.6) is 0 Å². The molecule has 2 nitrogen and oxygen atoms in total. The lowest BCUT2D eigenvalue weighted by atomic mass is 9.97. The summed E-state index contributed by atoms with van der Waals surface area (Å²) in [7, 11) is 0. The van der Waals surface area contributed by atoms with E-state index in [-0.39, 0.29) is 6.04 Å². The van der Waals surface area contributed by atoms with Gasteiger partial charge in [0.15, 0.2) is 0 Å². The molecular weight excluding hydrogens is 332 g/mol. The molecular formula is C16H19BrN2S. The first-order valence-electron chi connectivity index (χ1n) is 7.00. The number of hydrogen-bond donors (Lipinski definition) is 1. The van der Waals surface area contributed by atoms with Gasteiger partial charge in [0, 0.05) is 23.7 Å². The lowest BCUT2D eigenvalue weighted by Crippen LogP contribution is -2.37. The second kappa shape index (κ2) is 5.88. The molecule has 2 N–H and O–H groups in total. The molecule has 3 rings (SSSR count). The van der Waals surface area contributed by atoms with Crippen LogP contribution in [-0.2, 0) is 6.42 Å². The predicted molar refractivity (Wildman–Crippen MR) is 90.7 cm³/mol. The van der Waals surface area contributed by atoms with Crippen molar-refractivity contribution in [2.75, 3.05) is 18.0 Å². The largest absolute Gasteiger partial charge is 0.362 e. The number of rotatable bonds is 3. The Kier molecular flexibility index (Phi) is 4.15. The zero-order valence-electron chi connectivity index (χ0n) is 11.6. The van der Waals surface area contributed by atoms with Gasteiger partial charge in [-0.2, -0.15) is 0 Å². The van der Waals surface area contributed by atoms with E-state index in [2.05, 4.69) is 58.1 Å². The number of hydrogen-bond acceptors (Lipinski definition) is 3. The second-order valence-corrected chi connectivity index (χ2v) is 7.82. The molecule has 0 saturated heterocycles. The molecule has 0 spiro atoms. The Balaban J connectivity index is 1.98. The fourth-order valence-electron chi connectivity index (χ4n) is 2.98. The molecule has 1 aliphatic heterocycles. The van der Waals surface area contributed by atoms with Crippen LogP contribution < -0.4 is 10.6 Å². The molecule has 0 saturated carbocycles. The van der Waals surface area contributed by atoms with Gasteiger partial charge in [-0.05, 0) is 59.5 Å².